The Morgan fingerprint density at radius 1 is 0.971 bits per heavy atom. The second kappa shape index (κ2) is 9.53. The number of nitrogens with zero attached hydrogens (tertiary/aromatic N) is 1. The zero-order chi connectivity index (χ0) is 25.4. The van der Waals surface area contributed by atoms with Crippen LogP contribution in [0.4, 0.5) is 0 Å². The van der Waals surface area contributed by atoms with Gasteiger partial charge in [0.2, 0.25) is 0 Å². The summed E-state index contributed by atoms with van der Waals surface area (Å²) in [5.41, 5.74) is 12.1. The molecule has 1 nitrogen and oxygen atoms in total. The fourth-order valence-corrected chi connectivity index (χ4v) is 4.40. The van der Waals surface area contributed by atoms with Gasteiger partial charge in [0.25, 0.3) is 0 Å². The fraction of sp³-hybridized carbons (Fsp3) is 0.424. The lowest BCUT2D eigenvalue weighted by Gasteiger charge is -2.27. The summed E-state index contributed by atoms with van der Waals surface area (Å²) in [5, 5.41) is 0. The van der Waals surface area contributed by atoms with Crippen LogP contribution in [0.2, 0.25) is 0 Å². The Labute approximate surface area is 208 Å². The molecule has 180 valence electrons. The molecule has 1 atom stereocenters. The number of aromatic nitrogens is 1. The maximum Gasteiger partial charge on any atom is 0.169 e. The average Bonchev–Trinajstić information content (AvgIpc) is 2.73. The minimum Gasteiger partial charge on any atom is -0.208 e. The first kappa shape index (κ1) is 25.9. The molecule has 0 amide bonds. The molecule has 3 rings (SSSR count). The number of allylic oxidation sites excluding steroid dienone is 5. The van der Waals surface area contributed by atoms with E-state index in [0.29, 0.717) is 5.92 Å². The molecule has 34 heavy (non-hydrogen) atoms. The van der Waals surface area contributed by atoms with Crippen LogP contribution in [-0.4, -0.2) is 0 Å². The number of rotatable bonds is 3. The van der Waals surface area contributed by atoms with Crippen molar-refractivity contribution in [1.82, 2.24) is 0 Å². The summed E-state index contributed by atoms with van der Waals surface area (Å²) in [6, 6.07) is 9.27. The normalized spacial score (nSPS) is 21.6. The summed E-state index contributed by atoms with van der Waals surface area (Å²) in [5.74, 6) is 0.331. The highest BCUT2D eigenvalue weighted by atomic mass is 14.9. The van der Waals surface area contributed by atoms with Gasteiger partial charge >= 0.3 is 0 Å². The van der Waals surface area contributed by atoms with E-state index < -0.39 is 0 Å². The lowest BCUT2D eigenvalue weighted by Crippen LogP contribution is -2.25. The van der Waals surface area contributed by atoms with Crippen molar-refractivity contribution in [3.05, 3.63) is 99.9 Å². The molecule has 1 heterocycles. The van der Waals surface area contributed by atoms with Gasteiger partial charge in [-0.3, -0.25) is 0 Å². The van der Waals surface area contributed by atoms with Gasteiger partial charge < -0.3 is 0 Å². The van der Waals surface area contributed by atoms with Crippen molar-refractivity contribution in [2.45, 2.75) is 74.1 Å². The van der Waals surface area contributed by atoms with E-state index >= 15 is 0 Å². The third-order valence-corrected chi connectivity index (χ3v) is 7.47. The largest absolute Gasteiger partial charge is 0.208 e. The van der Waals surface area contributed by atoms with Crippen LogP contribution in [0, 0.1) is 18.3 Å². The topological polar surface area (TPSA) is 3.88 Å². The van der Waals surface area contributed by atoms with Gasteiger partial charge in [0.15, 0.2) is 12.4 Å². The molecular weight excluding hydrogens is 410 g/mol. The van der Waals surface area contributed by atoms with Crippen molar-refractivity contribution >= 4 is 11.6 Å². The van der Waals surface area contributed by atoms with Crippen molar-refractivity contribution < 1.29 is 4.57 Å². The molecule has 0 N–H and O–H groups in total. The van der Waals surface area contributed by atoms with Crippen molar-refractivity contribution in [1.29, 1.82) is 0 Å². The van der Waals surface area contributed by atoms with E-state index in [2.05, 4.69) is 135 Å². The maximum atomic E-state index is 4.46. The molecule has 1 aliphatic rings. The average molecular weight is 455 g/mol. The molecule has 0 spiro atoms. The van der Waals surface area contributed by atoms with Gasteiger partial charge in [-0.25, -0.2) is 4.57 Å². The second-order valence-corrected chi connectivity index (χ2v) is 12.2. The summed E-state index contributed by atoms with van der Waals surface area (Å²) in [6.07, 6.45) is 12.4. The van der Waals surface area contributed by atoms with Crippen LogP contribution in [0.15, 0.2) is 72.1 Å². The summed E-state index contributed by atoms with van der Waals surface area (Å²) in [6.45, 7) is 25.0. The highest BCUT2D eigenvalue weighted by molar-refractivity contribution is 5.85. The van der Waals surface area contributed by atoms with Gasteiger partial charge in [0, 0.05) is 18.1 Å². The standard InChI is InChI=1S/C33H44N/c1-22-18-31(26-14-16-34(11)17-15-26)30-21-29(33(8,9)10)20-28(25(30)4)13-12-27(24(22)3)19-23(2)32(5,6)7/h12-18,20-21,27H,2,19H2,1,3-11H3/q+1/b13-12-,24-22+,31-18-. The first-order valence-electron chi connectivity index (χ1n) is 12.5. The van der Waals surface area contributed by atoms with Crippen molar-refractivity contribution in [2.75, 3.05) is 0 Å². The van der Waals surface area contributed by atoms with Crippen LogP contribution in [0.1, 0.15) is 89.6 Å². The maximum absolute atomic E-state index is 4.46. The Balaban J connectivity index is 2.32. The van der Waals surface area contributed by atoms with Gasteiger partial charge in [0.1, 0.15) is 7.05 Å². The molecule has 0 aliphatic heterocycles. The van der Waals surface area contributed by atoms with Crippen LogP contribution in [0.25, 0.3) is 11.6 Å². The molecule has 0 radical (unpaired) electrons. The van der Waals surface area contributed by atoms with E-state index in [1.807, 2.05) is 0 Å². The van der Waals surface area contributed by atoms with E-state index in [0.717, 1.165) is 6.42 Å². The van der Waals surface area contributed by atoms with Gasteiger partial charge in [-0.2, -0.15) is 0 Å². The molecule has 0 saturated carbocycles. The zero-order valence-electron chi connectivity index (χ0n) is 23.1. The van der Waals surface area contributed by atoms with E-state index in [4.69, 9.17) is 0 Å². The van der Waals surface area contributed by atoms with E-state index in [-0.39, 0.29) is 10.8 Å². The Bertz CT molecular complexity index is 1170. The molecular formula is C33H44N+. The molecule has 0 fully saturated rings. The Hall–Kier alpha value is -2.67. The molecule has 2 bridgehead atoms. The van der Waals surface area contributed by atoms with E-state index in [1.165, 1.54) is 50.1 Å². The number of fused-ring (bicyclic) bond motifs is 2. The summed E-state index contributed by atoms with van der Waals surface area (Å²) < 4.78 is 2.10. The third kappa shape index (κ3) is 5.69. The summed E-state index contributed by atoms with van der Waals surface area (Å²) in [7, 11) is 2.07. The predicted molar refractivity (Wildman–Crippen MR) is 149 cm³/mol. The summed E-state index contributed by atoms with van der Waals surface area (Å²) in [4.78, 5) is 0. The molecule has 0 saturated heterocycles. The fourth-order valence-electron chi connectivity index (χ4n) is 4.40. The number of hydrogen-bond donors (Lipinski definition) is 0. The van der Waals surface area contributed by atoms with Gasteiger partial charge in [0.05, 0.1) is 0 Å². The number of hydrogen-bond acceptors (Lipinski definition) is 0. The SMILES string of the molecule is C=C(CC1/C=C\c2cc(C(C)(C)C)cc(c2C)/C(c2cc[n+](C)cc2)=C\C(C)=C\1C)C(C)(C)C. The molecule has 2 aromatic rings. The van der Waals surface area contributed by atoms with Crippen LogP contribution < -0.4 is 4.57 Å². The number of pyridine rings is 1. The van der Waals surface area contributed by atoms with Crippen molar-refractivity contribution in [3.63, 3.8) is 0 Å². The lowest BCUT2D eigenvalue weighted by atomic mass is 9.77. The quantitative estimate of drug-likeness (QED) is 0.323. The second-order valence-electron chi connectivity index (χ2n) is 12.2. The predicted octanol–water partition coefficient (Wildman–Crippen LogP) is 8.52. The smallest absolute Gasteiger partial charge is 0.169 e. The Morgan fingerprint density at radius 3 is 2.15 bits per heavy atom. The highest BCUT2D eigenvalue weighted by Gasteiger charge is 2.23. The zero-order valence-corrected chi connectivity index (χ0v) is 23.1. The first-order chi connectivity index (χ1) is 15.7. The molecule has 1 aromatic carbocycles. The van der Waals surface area contributed by atoms with Crippen LogP contribution in [0.5, 0.6) is 0 Å². The van der Waals surface area contributed by atoms with Gasteiger partial charge in [-0.15, -0.1) is 0 Å². The number of aryl methyl sites for hydroxylation is 1. The monoisotopic (exact) mass is 454 g/mol. The molecule has 1 unspecified atom stereocenters. The minimum atomic E-state index is 0.0735. The first-order valence-corrected chi connectivity index (χ1v) is 12.5. The van der Waals surface area contributed by atoms with Crippen LogP contribution in [0.3, 0.4) is 0 Å². The van der Waals surface area contributed by atoms with Crippen LogP contribution >= 0.6 is 0 Å². The van der Waals surface area contributed by atoms with Crippen molar-refractivity contribution in [3.8, 4) is 0 Å². The highest BCUT2D eigenvalue weighted by Crippen LogP contribution is 2.38. The molecule has 1 aromatic heterocycles. The lowest BCUT2D eigenvalue weighted by molar-refractivity contribution is -0.671. The van der Waals surface area contributed by atoms with E-state index in [9.17, 15) is 0 Å². The van der Waals surface area contributed by atoms with Crippen molar-refractivity contribution in [2.24, 2.45) is 18.4 Å². The van der Waals surface area contributed by atoms with Crippen LogP contribution in [-0.2, 0) is 12.5 Å². The minimum absolute atomic E-state index is 0.0735. The third-order valence-electron chi connectivity index (χ3n) is 7.47. The molecule has 1 aliphatic carbocycles. The number of benzene rings is 1. The Kier molecular flexibility index (Phi) is 7.27. The Morgan fingerprint density at radius 2 is 1.59 bits per heavy atom. The van der Waals surface area contributed by atoms with E-state index in [1.54, 1.807) is 0 Å². The molecule has 1 heteroatoms. The van der Waals surface area contributed by atoms with Gasteiger partial charge in [-0.1, -0.05) is 95.2 Å². The van der Waals surface area contributed by atoms with Gasteiger partial charge in [-0.05, 0) is 71.4 Å². The summed E-state index contributed by atoms with van der Waals surface area (Å²) >= 11 is 0.